The van der Waals surface area contributed by atoms with Gasteiger partial charge in [0.15, 0.2) is 0 Å². The summed E-state index contributed by atoms with van der Waals surface area (Å²) in [5.74, 6) is 0.932. The molecule has 0 aliphatic carbocycles. The van der Waals surface area contributed by atoms with Gasteiger partial charge in [0, 0.05) is 6.54 Å². The fraction of sp³-hybridized carbons (Fsp3) is 0.647. The minimum Gasteiger partial charge on any atom is -0.491 e. The van der Waals surface area contributed by atoms with Crippen LogP contribution in [-0.4, -0.2) is 44.4 Å². The number of hydrogen-bond acceptors (Lipinski definition) is 3. The van der Waals surface area contributed by atoms with E-state index >= 15 is 0 Å². The number of nitrogens with zero attached hydrogens (tertiary/aromatic N) is 1. The van der Waals surface area contributed by atoms with E-state index in [0.29, 0.717) is 13.2 Å². The second kappa shape index (κ2) is 8.98. The Morgan fingerprint density at radius 3 is 2.55 bits per heavy atom. The van der Waals surface area contributed by atoms with Crippen LogP contribution >= 0.6 is 0 Å². The Kier molecular flexibility index (Phi) is 6.89. The number of likely N-dealkylation sites (tertiary alicyclic amines) is 1. The molecule has 112 valence electrons. The zero-order valence-corrected chi connectivity index (χ0v) is 12.6. The smallest absolute Gasteiger partial charge is 0.119 e. The fourth-order valence-corrected chi connectivity index (χ4v) is 2.58. The van der Waals surface area contributed by atoms with E-state index in [-0.39, 0.29) is 0 Å². The van der Waals surface area contributed by atoms with Crippen LogP contribution in [0.4, 0.5) is 0 Å². The Morgan fingerprint density at radius 1 is 1.00 bits per heavy atom. The van der Waals surface area contributed by atoms with E-state index in [1.54, 1.807) is 0 Å². The highest BCUT2D eigenvalue weighted by atomic mass is 16.5. The Hall–Kier alpha value is -1.06. The Balaban J connectivity index is 1.51. The molecule has 2 rings (SSSR count). The fourth-order valence-electron chi connectivity index (χ4n) is 2.58. The lowest BCUT2D eigenvalue weighted by atomic mass is 10.2. The first-order valence-electron chi connectivity index (χ1n) is 7.84. The van der Waals surface area contributed by atoms with Crippen LogP contribution in [0.1, 0.15) is 31.2 Å². The van der Waals surface area contributed by atoms with Crippen molar-refractivity contribution in [1.29, 1.82) is 0 Å². The van der Waals surface area contributed by atoms with Crippen molar-refractivity contribution < 1.29 is 9.47 Å². The molecular weight excluding hydrogens is 250 g/mol. The van der Waals surface area contributed by atoms with Gasteiger partial charge in [-0.15, -0.1) is 0 Å². The van der Waals surface area contributed by atoms with E-state index in [4.69, 9.17) is 9.47 Å². The molecule has 3 nitrogen and oxygen atoms in total. The van der Waals surface area contributed by atoms with Crippen LogP contribution in [0.3, 0.4) is 0 Å². The van der Waals surface area contributed by atoms with Crippen molar-refractivity contribution >= 4 is 0 Å². The molecule has 0 aromatic heterocycles. The van der Waals surface area contributed by atoms with E-state index in [2.05, 4.69) is 24.0 Å². The van der Waals surface area contributed by atoms with Crippen molar-refractivity contribution in [3.05, 3.63) is 29.8 Å². The average Bonchev–Trinajstić information content (AvgIpc) is 2.71. The van der Waals surface area contributed by atoms with E-state index in [1.807, 2.05) is 12.1 Å². The lowest BCUT2D eigenvalue weighted by molar-refractivity contribution is 0.0804. The predicted molar refractivity (Wildman–Crippen MR) is 82.4 cm³/mol. The van der Waals surface area contributed by atoms with Crippen LogP contribution in [0, 0.1) is 6.92 Å². The highest BCUT2D eigenvalue weighted by molar-refractivity contribution is 5.27. The largest absolute Gasteiger partial charge is 0.491 e. The molecule has 1 saturated heterocycles. The van der Waals surface area contributed by atoms with E-state index < -0.39 is 0 Å². The van der Waals surface area contributed by atoms with Crippen LogP contribution in [-0.2, 0) is 4.74 Å². The molecule has 1 fully saturated rings. The van der Waals surface area contributed by atoms with E-state index in [1.165, 1.54) is 44.3 Å². The molecule has 1 aromatic carbocycles. The number of rotatable bonds is 7. The van der Waals surface area contributed by atoms with Gasteiger partial charge >= 0.3 is 0 Å². The highest BCUT2D eigenvalue weighted by Gasteiger charge is 2.07. The molecule has 0 radical (unpaired) electrons. The summed E-state index contributed by atoms with van der Waals surface area (Å²) in [6, 6.07) is 8.14. The molecule has 0 atom stereocenters. The maximum absolute atomic E-state index is 5.66. The van der Waals surface area contributed by atoms with Crippen molar-refractivity contribution in [3.63, 3.8) is 0 Å². The first-order valence-corrected chi connectivity index (χ1v) is 7.84. The van der Waals surface area contributed by atoms with Crippen molar-refractivity contribution in [3.8, 4) is 5.75 Å². The molecule has 3 heteroatoms. The van der Waals surface area contributed by atoms with E-state index in [0.717, 1.165) is 18.9 Å². The third-order valence-electron chi connectivity index (χ3n) is 3.74. The monoisotopic (exact) mass is 277 g/mol. The maximum Gasteiger partial charge on any atom is 0.119 e. The van der Waals surface area contributed by atoms with Gasteiger partial charge in [-0.05, 0) is 50.6 Å². The Labute approximate surface area is 122 Å². The predicted octanol–water partition coefficient (Wildman–Crippen LogP) is 3.27. The summed E-state index contributed by atoms with van der Waals surface area (Å²) >= 11 is 0. The molecular formula is C17H27NO2. The first kappa shape index (κ1) is 15.3. The normalized spacial score (nSPS) is 16.9. The first-order chi connectivity index (χ1) is 9.84. The molecule has 1 aliphatic rings. The topological polar surface area (TPSA) is 21.7 Å². The van der Waals surface area contributed by atoms with Gasteiger partial charge in [0.2, 0.25) is 0 Å². The third kappa shape index (κ3) is 5.93. The minimum absolute atomic E-state index is 0.628. The van der Waals surface area contributed by atoms with Crippen LogP contribution in [0.5, 0.6) is 5.75 Å². The molecule has 1 aromatic rings. The molecule has 0 spiro atoms. The van der Waals surface area contributed by atoms with Gasteiger partial charge in [-0.25, -0.2) is 0 Å². The van der Waals surface area contributed by atoms with Gasteiger partial charge in [0.25, 0.3) is 0 Å². The lowest BCUT2D eigenvalue weighted by Gasteiger charge is -2.19. The number of benzene rings is 1. The van der Waals surface area contributed by atoms with Gasteiger partial charge in [-0.3, -0.25) is 0 Å². The zero-order valence-electron chi connectivity index (χ0n) is 12.6. The molecule has 0 unspecified atom stereocenters. The molecule has 0 N–H and O–H groups in total. The number of aryl methyl sites for hydroxylation is 1. The Bertz CT molecular complexity index is 373. The Morgan fingerprint density at radius 2 is 1.80 bits per heavy atom. The highest BCUT2D eigenvalue weighted by Crippen LogP contribution is 2.12. The third-order valence-corrected chi connectivity index (χ3v) is 3.74. The second-order valence-corrected chi connectivity index (χ2v) is 5.53. The molecule has 1 heterocycles. The lowest BCUT2D eigenvalue weighted by Crippen LogP contribution is -2.29. The van der Waals surface area contributed by atoms with Crippen LogP contribution < -0.4 is 4.74 Å². The van der Waals surface area contributed by atoms with Gasteiger partial charge in [-0.1, -0.05) is 25.0 Å². The van der Waals surface area contributed by atoms with Crippen LogP contribution in [0.2, 0.25) is 0 Å². The molecule has 20 heavy (non-hydrogen) atoms. The van der Waals surface area contributed by atoms with Gasteiger partial charge in [-0.2, -0.15) is 0 Å². The van der Waals surface area contributed by atoms with Crippen molar-refractivity contribution in [1.82, 2.24) is 4.90 Å². The summed E-state index contributed by atoms with van der Waals surface area (Å²) in [5, 5.41) is 0. The summed E-state index contributed by atoms with van der Waals surface area (Å²) in [6.07, 6.45) is 5.47. The van der Waals surface area contributed by atoms with Crippen molar-refractivity contribution in [2.75, 3.05) is 39.5 Å². The quantitative estimate of drug-likeness (QED) is 0.714. The molecule has 1 aliphatic heterocycles. The molecule has 0 amide bonds. The van der Waals surface area contributed by atoms with Crippen molar-refractivity contribution in [2.45, 2.75) is 32.6 Å². The average molecular weight is 277 g/mol. The van der Waals surface area contributed by atoms with Crippen LogP contribution in [0.25, 0.3) is 0 Å². The summed E-state index contributed by atoms with van der Waals surface area (Å²) in [5.41, 5.74) is 1.23. The SMILES string of the molecule is Cc1cccc(OCCOCCN2CCCCCC2)c1. The summed E-state index contributed by atoms with van der Waals surface area (Å²) in [4.78, 5) is 2.52. The number of ether oxygens (including phenoxy) is 2. The standard InChI is InChI=1S/C17H27NO2/c1-16-7-6-8-17(15-16)20-14-13-19-12-11-18-9-4-2-3-5-10-18/h6-8,15H,2-5,9-14H2,1H3. The van der Waals surface area contributed by atoms with Gasteiger partial charge in [0.05, 0.1) is 13.2 Å². The van der Waals surface area contributed by atoms with Gasteiger partial charge in [0.1, 0.15) is 12.4 Å². The summed E-state index contributed by atoms with van der Waals surface area (Å²) in [7, 11) is 0. The van der Waals surface area contributed by atoms with Crippen LogP contribution in [0.15, 0.2) is 24.3 Å². The number of hydrogen-bond donors (Lipinski definition) is 0. The van der Waals surface area contributed by atoms with Gasteiger partial charge < -0.3 is 14.4 Å². The minimum atomic E-state index is 0.628. The van der Waals surface area contributed by atoms with E-state index in [9.17, 15) is 0 Å². The summed E-state index contributed by atoms with van der Waals surface area (Å²) < 4.78 is 11.3. The summed E-state index contributed by atoms with van der Waals surface area (Å²) in [6.45, 7) is 7.73. The zero-order chi connectivity index (χ0) is 14.0. The molecule has 0 saturated carbocycles. The van der Waals surface area contributed by atoms with Crippen molar-refractivity contribution in [2.24, 2.45) is 0 Å². The molecule has 0 bridgehead atoms. The maximum atomic E-state index is 5.66. The second-order valence-electron chi connectivity index (χ2n) is 5.53.